The molecule has 4 aromatic rings. The lowest BCUT2D eigenvalue weighted by Gasteiger charge is -2.08. The highest BCUT2D eigenvalue weighted by molar-refractivity contribution is 6.02. The normalized spacial score (nSPS) is 10.9. The van der Waals surface area contributed by atoms with E-state index in [1.807, 2.05) is 26.8 Å². The van der Waals surface area contributed by atoms with E-state index in [0.717, 1.165) is 22.5 Å². The van der Waals surface area contributed by atoms with Gasteiger partial charge in [-0.2, -0.15) is 5.10 Å². The molecule has 4 rings (SSSR count). The summed E-state index contributed by atoms with van der Waals surface area (Å²) < 4.78 is 18.1. The Hall–Kier alpha value is -4.66. The Morgan fingerprint density at radius 1 is 0.917 bits per heavy atom. The Balaban J connectivity index is 1.35. The molecule has 1 N–H and O–H groups in total. The van der Waals surface area contributed by atoms with Crippen LogP contribution < -0.4 is 19.5 Å². The van der Waals surface area contributed by atoms with Gasteiger partial charge in [-0.1, -0.05) is 6.07 Å². The van der Waals surface area contributed by atoms with Crippen molar-refractivity contribution in [2.75, 3.05) is 19.5 Å². The lowest BCUT2D eigenvalue weighted by molar-refractivity contribution is -0.111. The standard InChI is InChI=1S/C27H27N5O4/c1-17-18(2)31-32(19(17)3)25-13-15-27(30-29-25)36-22-10-8-21(9-11-22)28-26(33)14-7-20-6-12-23(34-4)24(16-20)35-5/h6-16H,1-5H3,(H,28,33)/b14-7+. The second kappa shape index (κ2) is 10.7. The van der Waals surface area contributed by atoms with Crippen molar-refractivity contribution in [1.82, 2.24) is 20.0 Å². The molecule has 0 spiro atoms. The van der Waals surface area contributed by atoms with Crippen LogP contribution in [0.2, 0.25) is 0 Å². The van der Waals surface area contributed by atoms with Crippen molar-refractivity contribution in [3.05, 3.63) is 83.2 Å². The van der Waals surface area contributed by atoms with Gasteiger partial charge in [0.1, 0.15) is 5.75 Å². The van der Waals surface area contributed by atoms with E-state index in [-0.39, 0.29) is 5.91 Å². The van der Waals surface area contributed by atoms with Crippen molar-refractivity contribution in [3.63, 3.8) is 0 Å². The highest BCUT2D eigenvalue weighted by Gasteiger charge is 2.11. The Labute approximate surface area is 209 Å². The van der Waals surface area contributed by atoms with E-state index in [4.69, 9.17) is 14.2 Å². The molecular weight excluding hydrogens is 458 g/mol. The minimum absolute atomic E-state index is 0.265. The Morgan fingerprint density at radius 2 is 1.67 bits per heavy atom. The van der Waals surface area contributed by atoms with Crippen LogP contribution in [0.15, 0.2) is 60.7 Å². The second-order valence-electron chi connectivity index (χ2n) is 8.00. The topological polar surface area (TPSA) is 100 Å². The molecule has 36 heavy (non-hydrogen) atoms. The van der Waals surface area contributed by atoms with E-state index in [2.05, 4.69) is 20.6 Å². The number of aromatic nitrogens is 4. The summed E-state index contributed by atoms with van der Waals surface area (Å²) in [7, 11) is 3.14. The molecule has 9 nitrogen and oxygen atoms in total. The number of anilines is 1. The largest absolute Gasteiger partial charge is 0.493 e. The van der Waals surface area contributed by atoms with Gasteiger partial charge in [0.25, 0.3) is 0 Å². The van der Waals surface area contributed by atoms with E-state index in [1.165, 1.54) is 6.08 Å². The van der Waals surface area contributed by atoms with Gasteiger partial charge >= 0.3 is 0 Å². The molecule has 0 saturated heterocycles. The summed E-state index contributed by atoms with van der Waals surface area (Å²) in [6.07, 6.45) is 3.15. The van der Waals surface area contributed by atoms with Gasteiger partial charge < -0.3 is 19.5 Å². The summed E-state index contributed by atoms with van der Waals surface area (Å²) in [5, 5.41) is 15.7. The number of aryl methyl sites for hydroxylation is 1. The maximum absolute atomic E-state index is 12.3. The molecule has 0 atom stereocenters. The minimum Gasteiger partial charge on any atom is -0.493 e. The zero-order valence-corrected chi connectivity index (χ0v) is 20.8. The summed E-state index contributed by atoms with van der Waals surface area (Å²) in [5.74, 6) is 2.50. The Bertz CT molecular complexity index is 1390. The fourth-order valence-electron chi connectivity index (χ4n) is 3.46. The predicted molar refractivity (Wildman–Crippen MR) is 137 cm³/mol. The van der Waals surface area contributed by atoms with Crippen LogP contribution in [-0.2, 0) is 4.79 Å². The number of nitrogens with zero attached hydrogens (tertiary/aromatic N) is 4. The number of hydrogen-bond acceptors (Lipinski definition) is 7. The van der Waals surface area contributed by atoms with Crippen molar-refractivity contribution < 1.29 is 19.0 Å². The first kappa shape index (κ1) is 24.5. The number of hydrogen-bond donors (Lipinski definition) is 1. The predicted octanol–water partition coefficient (Wildman–Crippen LogP) is 5.05. The molecule has 0 aliphatic heterocycles. The van der Waals surface area contributed by atoms with Gasteiger partial charge in [-0.15, -0.1) is 10.2 Å². The molecule has 0 fully saturated rings. The molecule has 0 aliphatic rings. The Kier molecular flexibility index (Phi) is 7.29. The minimum atomic E-state index is -0.265. The summed E-state index contributed by atoms with van der Waals surface area (Å²) in [4.78, 5) is 12.3. The van der Waals surface area contributed by atoms with Crippen LogP contribution in [0.25, 0.3) is 11.9 Å². The van der Waals surface area contributed by atoms with Crippen LogP contribution in [0.4, 0.5) is 5.69 Å². The molecule has 0 bridgehead atoms. The highest BCUT2D eigenvalue weighted by Crippen LogP contribution is 2.28. The quantitative estimate of drug-likeness (QED) is 0.349. The zero-order valence-electron chi connectivity index (χ0n) is 20.8. The monoisotopic (exact) mass is 485 g/mol. The van der Waals surface area contributed by atoms with Crippen molar-refractivity contribution >= 4 is 17.7 Å². The van der Waals surface area contributed by atoms with E-state index < -0.39 is 0 Å². The molecule has 9 heteroatoms. The third-order valence-electron chi connectivity index (χ3n) is 5.68. The highest BCUT2D eigenvalue weighted by atomic mass is 16.5. The molecule has 1 amide bonds. The van der Waals surface area contributed by atoms with Crippen LogP contribution in [0.3, 0.4) is 0 Å². The maximum Gasteiger partial charge on any atom is 0.248 e. The van der Waals surface area contributed by atoms with Gasteiger partial charge in [-0.05, 0) is 80.4 Å². The lowest BCUT2D eigenvalue weighted by Crippen LogP contribution is -2.07. The van der Waals surface area contributed by atoms with Crippen LogP contribution in [-0.4, -0.2) is 40.1 Å². The van der Waals surface area contributed by atoms with Gasteiger partial charge in [0, 0.05) is 23.5 Å². The van der Waals surface area contributed by atoms with Crippen molar-refractivity contribution in [2.24, 2.45) is 0 Å². The average molecular weight is 486 g/mol. The number of methoxy groups -OCH3 is 2. The lowest BCUT2D eigenvalue weighted by atomic mass is 10.2. The molecule has 2 aromatic carbocycles. The zero-order chi connectivity index (χ0) is 25.7. The summed E-state index contributed by atoms with van der Waals surface area (Å²) in [5.41, 5.74) is 4.54. The maximum atomic E-state index is 12.3. The number of carbonyl (C=O) groups excluding carboxylic acids is 1. The first-order valence-corrected chi connectivity index (χ1v) is 11.2. The van der Waals surface area contributed by atoms with Gasteiger partial charge in [-0.3, -0.25) is 4.79 Å². The van der Waals surface area contributed by atoms with Crippen LogP contribution >= 0.6 is 0 Å². The fourth-order valence-corrected chi connectivity index (χ4v) is 3.46. The molecule has 2 aromatic heterocycles. The van der Waals surface area contributed by atoms with Crippen LogP contribution in [0.5, 0.6) is 23.1 Å². The number of amides is 1. The second-order valence-corrected chi connectivity index (χ2v) is 8.00. The first-order valence-electron chi connectivity index (χ1n) is 11.2. The first-order chi connectivity index (χ1) is 17.4. The third-order valence-corrected chi connectivity index (χ3v) is 5.68. The number of benzene rings is 2. The summed E-state index contributed by atoms with van der Waals surface area (Å²) >= 11 is 0. The van der Waals surface area contributed by atoms with Crippen molar-refractivity contribution in [2.45, 2.75) is 20.8 Å². The number of rotatable bonds is 8. The number of ether oxygens (including phenoxy) is 3. The molecule has 0 unspecified atom stereocenters. The van der Waals surface area contributed by atoms with Crippen molar-refractivity contribution in [3.8, 4) is 28.9 Å². The van der Waals surface area contributed by atoms with E-state index in [9.17, 15) is 4.79 Å². The molecule has 0 saturated carbocycles. The van der Waals surface area contributed by atoms with Gasteiger partial charge in [0.2, 0.25) is 11.8 Å². The van der Waals surface area contributed by atoms with Gasteiger partial charge in [-0.25, -0.2) is 4.68 Å². The molecule has 0 aliphatic carbocycles. The summed E-state index contributed by atoms with van der Waals surface area (Å²) in [6.45, 7) is 5.98. The van der Waals surface area contributed by atoms with Crippen LogP contribution in [0.1, 0.15) is 22.5 Å². The van der Waals surface area contributed by atoms with E-state index in [1.54, 1.807) is 73.5 Å². The van der Waals surface area contributed by atoms with E-state index in [0.29, 0.717) is 34.6 Å². The number of carbonyl (C=O) groups is 1. The van der Waals surface area contributed by atoms with E-state index >= 15 is 0 Å². The smallest absolute Gasteiger partial charge is 0.248 e. The van der Waals surface area contributed by atoms with Gasteiger partial charge in [0.15, 0.2) is 17.3 Å². The third kappa shape index (κ3) is 5.52. The Morgan fingerprint density at radius 3 is 2.28 bits per heavy atom. The SMILES string of the molecule is COc1ccc(/C=C/C(=O)Nc2ccc(Oc3ccc(-n4nc(C)c(C)c4C)nn3)cc2)cc1OC. The van der Waals surface area contributed by atoms with Crippen molar-refractivity contribution in [1.29, 1.82) is 0 Å². The molecule has 184 valence electrons. The summed E-state index contributed by atoms with van der Waals surface area (Å²) in [6, 6.07) is 15.9. The molecule has 2 heterocycles. The average Bonchev–Trinajstić information content (AvgIpc) is 3.16. The van der Waals surface area contributed by atoms with Gasteiger partial charge in [0.05, 0.1) is 19.9 Å². The molecule has 0 radical (unpaired) electrons. The molecular formula is C27H27N5O4. The fraction of sp³-hybridized carbons (Fsp3) is 0.185. The number of nitrogens with one attached hydrogen (secondary N) is 1. The van der Waals surface area contributed by atoms with Crippen LogP contribution in [0, 0.1) is 20.8 Å².